The summed E-state index contributed by atoms with van der Waals surface area (Å²) in [7, 11) is -10.6. The highest BCUT2D eigenvalue weighted by molar-refractivity contribution is 7.60. The molecule has 0 aliphatic carbocycles. The fourth-order valence-electron chi connectivity index (χ4n) is 3.48. The second kappa shape index (κ2) is 10.3. The molecule has 5 atom stereocenters. The number of rotatable bonds is 9. The number of aryl methyl sites for hydroxylation is 2. The molecule has 1 aromatic carbocycles. The van der Waals surface area contributed by atoms with Gasteiger partial charge in [-0.15, -0.1) is 0 Å². The Morgan fingerprint density at radius 1 is 1.06 bits per heavy atom. The van der Waals surface area contributed by atoms with E-state index in [0.717, 1.165) is 32.5 Å². The summed E-state index contributed by atoms with van der Waals surface area (Å²) >= 11 is 0. The molecule has 1 saturated heterocycles. The van der Waals surface area contributed by atoms with E-state index in [-0.39, 0.29) is 6.54 Å². The maximum absolute atomic E-state index is 12.9. The first-order valence-electron chi connectivity index (χ1n) is 9.91. The number of benzene rings is 1. The lowest BCUT2D eigenvalue weighted by molar-refractivity contribution is -0.0548. The van der Waals surface area contributed by atoms with Gasteiger partial charge in [-0.05, 0) is 24.5 Å². The minimum absolute atomic E-state index is 0.0364. The number of aliphatic hydroxyl groups is 2. The van der Waals surface area contributed by atoms with Gasteiger partial charge in [0.25, 0.3) is 5.56 Å². The predicted octanol–water partition coefficient (Wildman–Crippen LogP) is -0.593. The van der Waals surface area contributed by atoms with E-state index in [0.29, 0.717) is 6.42 Å². The van der Waals surface area contributed by atoms with E-state index in [2.05, 4.69) is 8.83 Å². The van der Waals surface area contributed by atoms with Gasteiger partial charge in [0.05, 0.1) is 6.61 Å². The van der Waals surface area contributed by atoms with E-state index in [1.165, 1.54) is 0 Å². The summed E-state index contributed by atoms with van der Waals surface area (Å²) in [5.41, 5.74) is 0.506. The molecule has 3 rings (SSSR count). The molecule has 5 N–H and O–H groups in total. The first-order chi connectivity index (χ1) is 15.8. The Kier molecular flexibility index (Phi) is 8.10. The molecule has 2 heterocycles. The molecule has 34 heavy (non-hydrogen) atoms. The molecular formula is C18H24N2O12P2. The molecule has 2 unspecified atom stereocenters. The van der Waals surface area contributed by atoms with Gasteiger partial charge < -0.3 is 29.6 Å². The highest BCUT2D eigenvalue weighted by Gasteiger charge is 2.46. The third-order valence-electron chi connectivity index (χ3n) is 5.18. The van der Waals surface area contributed by atoms with Crippen molar-refractivity contribution < 1.29 is 47.6 Å². The summed E-state index contributed by atoms with van der Waals surface area (Å²) < 4.78 is 37.6. The van der Waals surface area contributed by atoms with Gasteiger partial charge in [0.1, 0.15) is 18.3 Å². The highest BCUT2D eigenvalue weighted by Crippen LogP contribution is 2.57. The highest BCUT2D eigenvalue weighted by atomic mass is 31.3. The van der Waals surface area contributed by atoms with Crippen molar-refractivity contribution in [2.24, 2.45) is 0 Å². The van der Waals surface area contributed by atoms with Gasteiger partial charge in [-0.2, -0.15) is 4.31 Å². The van der Waals surface area contributed by atoms with Crippen molar-refractivity contribution in [2.75, 3.05) is 6.61 Å². The van der Waals surface area contributed by atoms with Crippen molar-refractivity contribution in [3.05, 3.63) is 68.5 Å². The lowest BCUT2D eigenvalue weighted by Gasteiger charge is -2.19. The Bertz CT molecular complexity index is 1240. The predicted molar refractivity (Wildman–Crippen MR) is 115 cm³/mol. The summed E-state index contributed by atoms with van der Waals surface area (Å²) in [6.07, 6.45) is -4.91. The van der Waals surface area contributed by atoms with Crippen LogP contribution in [0.4, 0.5) is 0 Å². The fraction of sp³-hybridized carbons (Fsp3) is 0.444. The Hall–Kier alpha value is -1.96. The van der Waals surface area contributed by atoms with Crippen LogP contribution in [0.1, 0.15) is 17.4 Å². The molecule has 14 nitrogen and oxygen atoms in total. The quantitative estimate of drug-likeness (QED) is 0.262. The van der Waals surface area contributed by atoms with Crippen LogP contribution in [-0.4, -0.2) is 58.9 Å². The summed E-state index contributed by atoms with van der Waals surface area (Å²) in [4.78, 5) is 51.9. The molecule has 1 aliphatic rings. The van der Waals surface area contributed by atoms with Crippen molar-refractivity contribution in [2.45, 2.75) is 44.4 Å². The molecule has 0 saturated carbocycles. The number of hydrogen-bond donors (Lipinski definition) is 5. The maximum Gasteiger partial charge on any atom is 0.481 e. The topological polar surface area (TPSA) is 207 Å². The average molecular weight is 522 g/mol. The van der Waals surface area contributed by atoms with E-state index in [1.54, 1.807) is 0 Å². The van der Waals surface area contributed by atoms with Crippen molar-refractivity contribution >= 4 is 15.6 Å². The number of hydrogen-bond acceptors (Lipinski definition) is 9. The Balaban J connectivity index is 1.76. The lowest BCUT2D eigenvalue weighted by Crippen LogP contribution is -2.43. The number of phosphoric ester groups is 1. The number of ether oxygens (including phenoxy) is 1. The zero-order chi connectivity index (χ0) is 25.3. The average Bonchev–Trinajstić information content (AvgIpc) is 3.00. The van der Waals surface area contributed by atoms with Crippen LogP contribution in [0.5, 0.6) is 0 Å². The van der Waals surface area contributed by atoms with E-state index in [4.69, 9.17) is 14.5 Å². The third-order valence-corrected chi connectivity index (χ3v) is 7.34. The molecule has 0 bridgehead atoms. The summed E-state index contributed by atoms with van der Waals surface area (Å²) in [5.74, 6) is 0. The molecule has 188 valence electrons. The van der Waals surface area contributed by atoms with Crippen molar-refractivity contribution in [3.63, 3.8) is 0 Å². The standard InChI is InChI=1S/C18H24N2O12P2/c1-11-4-2-3-5-12(11)6-8-19-14(21)7-9-20(18(19)24)17-16(23)15(22)13(31-17)10-30-34(28,29)32-33(25,26)27/h2-5,7,9,13,15-17,22-23H,6,8,10H2,1H3,(H,28,29)(H2,25,26,27)/t13-,15?,16+,17-/m1/s1. The SMILES string of the molecule is Cc1ccccc1CCn1c(=O)ccn([C@@H]2O[C@H](COP(=O)(O)OP(=O)(O)O)C(O)[C@@H]2O)c1=O. The zero-order valence-corrected chi connectivity index (χ0v) is 19.6. The van der Waals surface area contributed by atoms with Crippen LogP contribution in [-0.2, 0) is 35.7 Å². The van der Waals surface area contributed by atoms with Crippen LogP contribution in [0.15, 0.2) is 46.1 Å². The Labute approximate surface area is 192 Å². The van der Waals surface area contributed by atoms with Gasteiger partial charge in [0, 0.05) is 18.8 Å². The van der Waals surface area contributed by atoms with Crippen LogP contribution in [0, 0.1) is 6.92 Å². The fourth-order valence-corrected chi connectivity index (χ4v) is 5.08. The van der Waals surface area contributed by atoms with E-state index < -0.39 is 58.0 Å². The Morgan fingerprint density at radius 3 is 2.38 bits per heavy atom. The molecule has 1 aromatic heterocycles. The minimum Gasteiger partial charge on any atom is -0.387 e. The third kappa shape index (κ3) is 6.37. The van der Waals surface area contributed by atoms with Crippen molar-refractivity contribution in [3.8, 4) is 0 Å². The van der Waals surface area contributed by atoms with Crippen molar-refractivity contribution in [1.82, 2.24) is 9.13 Å². The van der Waals surface area contributed by atoms with Crippen LogP contribution in [0.2, 0.25) is 0 Å². The van der Waals surface area contributed by atoms with Crippen LogP contribution < -0.4 is 11.2 Å². The number of phosphoric acid groups is 2. The molecular weight excluding hydrogens is 498 g/mol. The van der Waals surface area contributed by atoms with Gasteiger partial charge in [-0.1, -0.05) is 24.3 Å². The second-order valence-corrected chi connectivity index (χ2v) is 10.4. The molecule has 0 radical (unpaired) electrons. The normalized spacial score (nSPS) is 24.8. The zero-order valence-electron chi connectivity index (χ0n) is 17.8. The van der Waals surface area contributed by atoms with Gasteiger partial charge >= 0.3 is 21.3 Å². The number of aliphatic hydroxyl groups excluding tert-OH is 2. The molecule has 0 amide bonds. The van der Waals surface area contributed by atoms with Gasteiger partial charge in [0.15, 0.2) is 6.23 Å². The largest absolute Gasteiger partial charge is 0.481 e. The van der Waals surface area contributed by atoms with Gasteiger partial charge in [-0.3, -0.25) is 18.5 Å². The first-order valence-corrected chi connectivity index (χ1v) is 12.9. The molecule has 1 aliphatic heterocycles. The molecule has 1 fully saturated rings. The summed E-state index contributed by atoms with van der Waals surface area (Å²) in [5, 5.41) is 20.6. The van der Waals surface area contributed by atoms with Crippen LogP contribution >= 0.6 is 15.6 Å². The van der Waals surface area contributed by atoms with E-state index in [1.807, 2.05) is 31.2 Å². The second-order valence-electron chi connectivity index (χ2n) is 7.55. The maximum atomic E-state index is 12.9. The first kappa shape index (κ1) is 26.6. The molecule has 0 spiro atoms. The Morgan fingerprint density at radius 2 is 1.74 bits per heavy atom. The van der Waals surface area contributed by atoms with Crippen LogP contribution in [0.3, 0.4) is 0 Å². The van der Waals surface area contributed by atoms with Crippen molar-refractivity contribution in [1.29, 1.82) is 0 Å². The number of aromatic nitrogens is 2. The summed E-state index contributed by atoms with van der Waals surface area (Å²) in [6, 6.07) is 8.53. The smallest absolute Gasteiger partial charge is 0.387 e. The molecule has 16 heteroatoms. The van der Waals surface area contributed by atoms with Gasteiger partial charge in [0.2, 0.25) is 0 Å². The van der Waals surface area contributed by atoms with E-state index in [9.17, 15) is 33.8 Å². The van der Waals surface area contributed by atoms with Crippen LogP contribution in [0.25, 0.3) is 0 Å². The molecule has 2 aromatic rings. The monoisotopic (exact) mass is 522 g/mol. The summed E-state index contributed by atoms with van der Waals surface area (Å²) in [6.45, 7) is 1.02. The minimum atomic E-state index is -5.35. The lowest BCUT2D eigenvalue weighted by atomic mass is 10.1. The van der Waals surface area contributed by atoms with E-state index >= 15 is 0 Å². The number of nitrogens with zero attached hydrogens (tertiary/aromatic N) is 2. The van der Waals surface area contributed by atoms with Gasteiger partial charge in [-0.25, -0.2) is 13.9 Å².